The molecule has 2 heterocycles. The lowest BCUT2D eigenvalue weighted by molar-refractivity contribution is -0.140. The second-order valence-electron chi connectivity index (χ2n) is 7.58. The van der Waals surface area contributed by atoms with Gasteiger partial charge in [0.1, 0.15) is 5.75 Å². The van der Waals surface area contributed by atoms with Crippen LogP contribution in [0.25, 0.3) is 0 Å². The number of benzene rings is 1. The van der Waals surface area contributed by atoms with E-state index < -0.39 is 0 Å². The first kappa shape index (κ1) is 22.8. The third-order valence-electron chi connectivity index (χ3n) is 5.41. The molecule has 1 saturated heterocycles. The fourth-order valence-corrected chi connectivity index (χ4v) is 4.45. The topological polar surface area (TPSA) is 79.0 Å². The van der Waals surface area contributed by atoms with Crippen LogP contribution in [0.3, 0.4) is 0 Å². The number of carbonyl (C=O) groups is 3. The van der Waals surface area contributed by atoms with E-state index in [1.165, 1.54) is 18.3 Å². The fourth-order valence-electron chi connectivity index (χ4n) is 3.67. The zero-order valence-corrected chi connectivity index (χ0v) is 18.8. The summed E-state index contributed by atoms with van der Waals surface area (Å²) >= 11 is 1.53. The maximum atomic E-state index is 12.8. The number of nitrogens with one attached hydrogen (secondary N) is 1. The first-order chi connectivity index (χ1) is 15.0. The second kappa shape index (κ2) is 10.9. The molecule has 1 atom stereocenters. The van der Waals surface area contributed by atoms with Crippen molar-refractivity contribution in [2.24, 2.45) is 0 Å². The highest BCUT2D eigenvalue weighted by molar-refractivity contribution is 7.10. The molecule has 0 spiro atoms. The quantitative estimate of drug-likeness (QED) is 0.680. The number of rotatable bonds is 8. The predicted molar refractivity (Wildman–Crippen MR) is 120 cm³/mol. The highest BCUT2D eigenvalue weighted by Gasteiger charge is 2.26. The number of carbonyl (C=O) groups excluding carboxylic acids is 3. The first-order valence-electron chi connectivity index (χ1n) is 10.4. The monoisotopic (exact) mass is 443 g/mol. The molecule has 1 fully saturated rings. The second-order valence-corrected chi connectivity index (χ2v) is 8.56. The smallest absolute Gasteiger partial charge is 0.225 e. The molecular weight excluding hydrogens is 414 g/mol. The van der Waals surface area contributed by atoms with Crippen molar-refractivity contribution in [3.8, 4) is 5.75 Å². The van der Waals surface area contributed by atoms with Crippen molar-refractivity contribution in [3.05, 3.63) is 52.2 Å². The Morgan fingerprint density at radius 2 is 1.68 bits per heavy atom. The van der Waals surface area contributed by atoms with Gasteiger partial charge in [-0.3, -0.25) is 14.4 Å². The Hall–Kier alpha value is -2.87. The van der Waals surface area contributed by atoms with Crippen LogP contribution < -0.4 is 10.1 Å². The Morgan fingerprint density at radius 1 is 1.03 bits per heavy atom. The zero-order chi connectivity index (χ0) is 22.2. The van der Waals surface area contributed by atoms with Crippen molar-refractivity contribution in [1.29, 1.82) is 0 Å². The van der Waals surface area contributed by atoms with Crippen molar-refractivity contribution in [2.45, 2.75) is 32.2 Å². The van der Waals surface area contributed by atoms with Crippen molar-refractivity contribution >= 4 is 29.1 Å². The van der Waals surface area contributed by atoms with E-state index in [1.807, 2.05) is 46.7 Å². The molecule has 8 heteroatoms. The number of ether oxygens (including phenoxy) is 1. The lowest BCUT2D eigenvalue weighted by Gasteiger charge is -2.35. The van der Waals surface area contributed by atoms with Crippen LogP contribution >= 0.6 is 11.3 Å². The molecule has 7 nitrogen and oxygen atoms in total. The van der Waals surface area contributed by atoms with E-state index in [4.69, 9.17) is 4.74 Å². The highest BCUT2D eigenvalue weighted by Crippen LogP contribution is 2.23. The highest BCUT2D eigenvalue weighted by atomic mass is 32.1. The summed E-state index contributed by atoms with van der Waals surface area (Å²) in [5, 5.41) is 4.81. The van der Waals surface area contributed by atoms with Crippen LogP contribution in [0.4, 0.5) is 0 Å². The predicted octanol–water partition coefficient (Wildman–Crippen LogP) is 2.63. The van der Waals surface area contributed by atoms with Gasteiger partial charge in [0, 0.05) is 44.4 Å². The van der Waals surface area contributed by atoms with Gasteiger partial charge >= 0.3 is 0 Å². The maximum absolute atomic E-state index is 12.8. The Labute approximate surface area is 187 Å². The minimum atomic E-state index is -0.311. The van der Waals surface area contributed by atoms with Gasteiger partial charge in [-0.15, -0.1) is 11.3 Å². The van der Waals surface area contributed by atoms with E-state index in [9.17, 15) is 14.4 Å². The van der Waals surface area contributed by atoms with Crippen molar-refractivity contribution < 1.29 is 19.1 Å². The van der Waals surface area contributed by atoms with Gasteiger partial charge in [-0.1, -0.05) is 18.2 Å². The summed E-state index contributed by atoms with van der Waals surface area (Å²) in [6.07, 6.45) is 1.36. The van der Waals surface area contributed by atoms with E-state index in [0.29, 0.717) is 39.0 Å². The number of thiophene rings is 1. The van der Waals surface area contributed by atoms with Crippen LogP contribution in [-0.2, 0) is 20.8 Å². The molecule has 1 unspecified atom stereocenters. The SMILES string of the molecule is COc1ccc(CCC(=O)N2CCN(C(=O)CC(NC(C)=O)c3cccs3)CC2)cc1. The molecule has 1 aromatic heterocycles. The molecule has 1 aliphatic heterocycles. The molecule has 31 heavy (non-hydrogen) atoms. The molecule has 0 aliphatic carbocycles. The number of piperazine rings is 1. The van der Waals surface area contributed by atoms with Crippen LogP contribution in [0.15, 0.2) is 41.8 Å². The van der Waals surface area contributed by atoms with Crippen LogP contribution in [0.1, 0.15) is 36.2 Å². The molecule has 166 valence electrons. The Kier molecular flexibility index (Phi) is 8.06. The van der Waals surface area contributed by atoms with Crippen LogP contribution in [0.2, 0.25) is 0 Å². The average molecular weight is 444 g/mol. The lowest BCUT2D eigenvalue weighted by Crippen LogP contribution is -2.51. The molecule has 1 aromatic carbocycles. The number of aryl methyl sites for hydroxylation is 1. The molecule has 1 aliphatic rings. The minimum Gasteiger partial charge on any atom is -0.497 e. The lowest BCUT2D eigenvalue weighted by atomic mass is 10.1. The number of nitrogens with zero attached hydrogens (tertiary/aromatic N) is 2. The number of methoxy groups -OCH3 is 1. The first-order valence-corrected chi connectivity index (χ1v) is 11.3. The number of hydrogen-bond acceptors (Lipinski definition) is 5. The summed E-state index contributed by atoms with van der Waals surface area (Å²) in [6, 6.07) is 11.3. The van der Waals surface area contributed by atoms with E-state index in [-0.39, 0.29) is 30.2 Å². The van der Waals surface area contributed by atoms with Gasteiger partial charge in [0.15, 0.2) is 0 Å². The third kappa shape index (κ3) is 6.55. The largest absolute Gasteiger partial charge is 0.497 e. The van der Waals surface area contributed by atoms with Crippen molar-refractivity contribution in [3.63, 3.8) is 0 Å². The maximum Gasteiger partial charge on any atom is 0.225 e. The molecule has 3 rings (SSSR count). The number of amides is 3. The average Bonchev–Trinajstić information content (AvgIpc) is 3.32. The van der Waals surface area contributed by atoms with Gasteiger partial charge in [0.05, 0.1) is 19.6 Å². The molecule has 3 amide bonds. The van der Waals surface area contributed by atoms with Crippen LogP contribution in [-0.4, -0.2) is 60.8 Å². The van der Waals surface area contributed by atoms with E-state index in [0.717, 1.165) is 16.2 Å². The van der Waals surface area contributed by atoms with Gasteiger partial charge in [-0.2, -0.15) is 0 Å². The van der Waals surface area contributed by atoms with E-state index >= 15 is 0 Å². The Balaban J connectivity index is 1.45. The van der Waals surface area contributed by atoms with Gasteiger partial charge in [0.25, 0.3) is 0 Å². The molecule has 1 N–H and O–H groups in total. The van der Waals surface area contributed by atoms with Gasteiger partial charge in [-0.25, -0.2) is 0 Å². The summed E-state index contributed by atoms with van der Waals surface area (Å²) in [5.41, 5.74) is 1.10. The fraction of sp³-hybridized carbons (Fsp3) is 0.435. The summed E-state index contributed by atoms with van der Waals surface area (Å²) in [6.45, 7) is 3.57. The van der Waals surface area contributed by atoms with Crippen molar-refractivity contribution in [2.75, 3.05) is 33.3 Å². The standard InChI is InChI=1S/C23H29N3O4S/c1-17(27)24-20(21-4-3-15-31-21)16-23(29)26-13-11-25(12-14-26)22(28)10-7-18-5-8-19(30-2)9-6-18/h3-6,8-9,15,20H,7,10-14,16H2,1-2H3,(H,24,27). The molecule has 0 saturated carbocycles. The third-order valence-corrected chi connectivity index (χ3v) is 6.40. The number of hydrogen-bond donors (Lipinski definition) is 1. The molecule has 0 radical (unpaired) electrons. The summed E-state index contributed by atoms with van der Waals surface area (Å²) in [4.78, 5) is 41.5. The zero-order valence-electron chi connectivity index (χ0n) is 18.0. The van der Waals surface area contributed by atoms with Gasteiger partial charge in [-0.05, 0) is 35.6 Å². The molecule has 0 bridgehead atoms. The van der Waals surface area contributed by atoms with Crippen molar-refractivity contribution in [1.82, 2.24) is 15.1 Å². The summed E-state index contributed by atoms with van der Waals surface area (Å²) in [7, 11) is 1.63. The summed E-state index contributed by atoms with van der Waals surface area (Å²) in [5.74, 6) is 0.754. The molecular formula is C23H29N3O4S. The normalized spacial score (nSPS) is 14.8. The van der Waals surface area contributed by atoms with Gasteiger partial charge in [0.2, 0.25) is 17.7 Å². The van der Waals surface area contributed by atoms with Crippen LogP contribution in [0, 0.1) is 0 Å². The Bertz CT molecular complexity index is 875. The van der Waals surface area contributed by atoms with E-state index in [1.54, 1.807) is 12.0 Å². The minimum absolute atomic E-state index is 0.00233. The summed E-state index contributed by atoms with van der Waals surface area (Å²) < 4.78 is 5.16. The Morgan fingerprint density at radius 3 is 2.23 bits per heavy atom. The van der Waals surface area contributed by atoms with Gasteiger partial charge < -0.3 is 19.9 Å². The van der Waals surface area contributed by atoms with Crippen LogP contribution in [0.5, 0.6) is 5.75 Å². The molecule has 2 aromatic rings. The van der Waals surface area contributed by atoms with E-state index in [2.05, 4.69) is 5.32 Å².